The van der Waals surface area contributed by atoms with Crippen molar-refractivity contribution >= 4 is 11.6 Å². The third-order valence-electron chi connectivity index (χ3n) is 3.20. The van der Waals surface area contributed by atoms with Gasteiger partial charge in [0.15, 0.2) is 0 Å². The second kappa shape index (κ2) is 5.52. The van der Waals surface area contributed by atoms with Gasteiger partial charge in [-0.1, -0.05) is 0 Å². The second-order valence-electron chi connectivity index (χ2n) is 5.22. The van der Waals surface area contributed by atoms with Crippen molar-refractivity contribution in [3.63, 3.8) is 0 Å². The fourth-order valence-electron chi connectivity index (χ4n) is 2.26. The molecule has 1 aliphatic heterocycles. The summed E-state index contributed by atoms with van der Waals surface area (Å²) in [5.74, 6) is 2.72. The van der Waals surface area contributed by atoms with E-state index in [9.17, 15) is 0 Å². The minimum atomic E-state index is 0.380. The first-order valence-corrected chi connectivity index (χ1v) is 6.62. The Hall–Kier alpha value is -1.36. The first kappa shape index (κ1) is 13.1. The van der Waals surface area contributed by atoms with Crippen LogP contribution >= 0.6 is 0 Å². The van der Waals surface area contributed by atoms with E-state index in [2.05, 4.69) is 46.4 Å². The summed E-state index contributed by atoms with van der Waals surface area (Å²) < 4.78 is 0. The van der Waals surface area contributed by atoms with Crippen LogP contribution in [-0.4, -0.2) is 42.2 Å². The first-order chi connectivity index (χ1) is 8.56. The van der Waals surface area contributed by atoms with E-state index in [-0.39, 0.29) is 0 Å². The smallest absolute Gasteiger partial charge is 0.134 e. The zero-order valence-corrected chi connectivity index (χ0v) is 11.7. The van der Waals surface area contributed by atoms with Crippen LogP contribution in [0.15, 0.2) is 6.07 Å². The van der Waals surface area contributed by atoms with Crippen LogP contribution in [-0.2, 0) is 0 Å². The Morgan fingerprint density at radius 1 is 1.44 bits per heavy atom. The van der Waals surface area contributed by atoms with E-state index in [0.29, 0.717) is 12.1 Å². The molecule has 2 heterocycles. The molecule has 0 aliphatic carbocycles. The number of aryl methyl sites for hydroxylation is 1. The molecule has 1 atom stereocenters. The summed E-state index contributed by atoms with van der Waals surface area (Å²) in [6, 6.07) is 2.95. The fraction of sp³-hybridized carbons (Fsp3) is 0.692. The Bertz CT molecular complexity index is 398. The standard InChI is InChI=1S/C13H23N5/c1-9(2)15-12-7-13(17-10(3)16-12)18(4)11-5-6-14-8-11/h7,9,11,14H,5-6,8H2,1-4H3,(H,15,16,17). The molecule has 1 saturated heterocycles. The lowest BCUT2D eigenvalue weighted by Crippen LogP contribution is -2.34. The van der Waals surface area contributed by atoms with Crippen LogP contribution in [0.5, 0.6) is 0 Å². The SMILES string of the molecule is Cc1nc(NC(C)C)cc(N(C)C2CCNC2)n1. The van der Waals surface area contributed by atoms with Crippen molar-refractivity contribution in [2.24, 2.45) is 0 Å². The maximum atomic E-state index is 4.53. The monoisotopic (exact) mass is 249 g/mol. The van der Waals surface area contributed by atoms with Crippen molar-refractivity contribution in [2.45, 2.75) is 39.3 Å². The van der Waals surface area contributed by atoms with Crippen LogP contribution < -0.4 is 15.5 Å². The molecule has 1 aromatic rings. The van der Waals surface area contributed by atoms with Crippen LogP contribution in [0.25, 0.3) is 0 Å². The van der Waals surface area contributed by atoms with E-state index in [1.165, 1.54) is 6.42 Å². The van der Waals surface area contributed by atoms with Gasteiger partial charge in [0.05, 0.1) is 0 Å². The third kappa shape index (κ3) is 3.10. The minimum Gasteiger partial charge on any atom is -0.368 e. The van der Waals surface area contributed by atoms with E-state index in [0.717, 1.165) is 30.5 Å². The Morgan fingerprint density at radius 2 is 2.22 bits per heavy atom. The summed E-state index contributed by atoms with van der Waals surface area (Å²) in [6.07, 6.45) is 1.17. The van der Waals surface area contributed by atoms with E-state index in [1.807, 2.05) is 13.0 Å². The van der Waals surface area contributed by atoms with Crippen molar-refractivity contribution in [1.82, 2.24) is 15.3 Å². The largest absolute Gasteiger partial charge is 0.368 e. The van der Waals surface area contributed by atoms with E-state index < -0.39 is 0 Å². The molecule has 0 radical (unpaired) electrons. The molecule has 1 aliphatic rings. The highest BCUT2D eigenvalue weighted by Crippen LogP contribution is 2.19. The van der Waals surface area contributed by atoms with Crippen LogP contribution in [0.3, 0.4) is 0 Å². The molecule has 100 valence electrons. The lowest BCUT2D eigenvalue weighted by molar-refractivity contribution is 0.675. The van der Waals surface area contributed by atoms with Gasteiger partial charge in [0, 0.05) is 31.7 Å². The van der Waals surface area contributed by atoms with Crippen molar-refractivity contribution in [3.05, 3.63) is 11.9 Å². The predicted octanol–water partition coefficient (Wildman–Crippen LogP) is 1.40. The molecule has 0 spiro atoms. The lowest BCUT2D eigenvalue weighted by atomic mass is 10.2. The molecule has 2 rings (SSSR count). The van der Waals surface area contributed by atoms with Gasteiger partial charge < -0.3 is 15.5 Å². The summed E-state index contributed by atoms with van der Waals surface area (Å²) in [4.78, 5) is 11.2. The molecule has 0 saturated carbocycles. The number of nitrogens with one attached hydrogen (secondary N) is 2. The summed E-state index contributed by atoms with van der Waals surface area (Å²) in [7, 11) is 2.11. The number of anilines is 2. The van der Waals surface area contributed by atoms with Gasteiger partial charge in [-0.25, -0.2) is 9.97 Å². The van der Waals surface area contributed by atoms with Gasteiger partial charge in [0.1, 0.15) is 17.5 Å². The number of likely N-dealkylation sites (N-methyl/N-ethyl adjacent to an activating group) is 1. The van der Waals surface area contributed by atoms with Crippen LogP contribution in [0.1, 0.15) is 26.1 Å². The van der Waals surface area contributed by atoms with Crippen molar-refractivity contribution in [3.8, 4) is 0 Å². The van der Waals surface area contributed by atoms with E-state index >= 15 is 0 Å². The molecule has 0 amide bonds. The number of hydrogen-bond acceptors (Lipinski definition) is 5. The van der Waals surface area contributed by atoms with E-state index in [4.69, 9.17) is 0 Å². The summed E-state index contributed by atoms with van der Waals surface area (Å²) in [5.41, 5.74) is 0. The third-order valence-corrected chi connectivity index (χ3v) is 3.20. The van der Waals surface area contributed by atoms with E-state index in [1.54, 1.807) is 0 Å². The zero-order valence-electron chi connectivity index (χ0n) is 11.7. The maximum absolute atomic E-state index is 4.53. The molecule has 1 aromatic heterocycles. The Kier molecular flexibility index (Phi) is 4.01. The van der Waals surface area contributed by atoms with Crippen molar-refractivity contribution < 1.29 is 0 Å². The maximum Gasteiger partial charge on any atom is 0.134 e. The van der Waals surface area contributed by atoms with Crippen molar-refractivity contribution in [2.75, 3.05) is 30.4 Å². The number of rotatable bonds is 4. The van der Waals surface area contributed by atoms with Gasteiger partial charge in [-0.2, -0.15) is 0 Å². The van der Waals surface area contributed by atoms with Gasteiger partial charge in [-0.05, 0) is 33.7 Å². The highest BCUT2D eigenvalue weighted by atomic mass is 15.2. The average Bonchev–Trinajstić information content (AvgIpc) is 2.79. The first-order valence-electron chi connectivity index (χ1n) is 6.62. The Balaban J connectivity index is 2.18. The number of hydrogen-bond donors (Lipinski definition) is 2. The molecule has 1 fully saturated rings. The second-order valence-corrected chi connectivity index (χ2v) is 5.22. The molecular weight excluding hydrogens is 226 g/mol. The molecule has 5 nitrogen and oxygen atoms in total. The Labute approximate surface area is 109 Å². The lowest BCUT2D eigenvalue weighted by Gasteiger charge is -2.25. The number of nitrogens with zero attached hydrogens (tertiary/aromatic N) is 3. The topological polar surface area (TPSA) is 53.1 Å². The molecule has 5 heteroatoms. The predicted molar refractivity (Wildman–Crippen MR) is 75.2 cm³/mol. The van der Waals surface area contributed by atoms with Crippen LogP contribution in [0, 0.1) is 6.92 Å². The van der Waals surface area contributed by atoms with Gasteiger partial charge >= 0.3 is 0 Å². The zero-order chi connectivity index (χ0) is 13.1. The fourth-order valence-corrected chi connectivity index (χ4v) is 2.26. The highest BCUT2D eigenvalue weighted by Gasteiger charge is 2.20. The summed E-state index contributed by atoms with van der Waals surface area (Å²) in [5, 5.41) is 6.72. The van der Waals surface area contributed by atoms with Gasteiger partial charge in [0.25, 0.3) is 0 Å². The Morgan fingerprint density at radius 3 is 2.83 bits per heavy atom. The summed E-state index contributed by atoms with van der Waals surface area (Å²) in [6.45, 7) is 8.29. The molecule has 18 heavy (non-hydrogen) atoms. The van der Waals surface area contributed by atoms with Gasteiger partial charge in [0.2, 0.25) is 0 Å². The molecular formula is C13H23N5. The molecule has 1 unspecified atom stereocenters. The van der Waals surface area contributed by atoms with Gasteiger partial charge in [-0.3, -0.25) is 0 Å². The highest BCUT2D eigenvalue weighted by molar-refractivity contribution is 5.50. The average molecular weight is 249 g/mol. The van der Waals surface area contributed by atoms with Crippen molar-refractivity contribution in [1.29, 1.82) is 0 Å². The quantitative estimate of drug-likeness (QED) is 0.845. The molecule has 0 aromatic carbocycles. The van der Waals surface area contributed by atoms with Crippen LogP contribution in [0.2, 0.25) is 0 Å². The summed E-state index contributed by atoms with van der Waals surface area (Å²) >= 11 is 0. The molecule has 2 N–H and O–H groups in total. The minimum absolute atomic E-state index is 0.380. The normalized spacial score (nSPS) is 19.3. The number of aromatic nitrogens is 2. The van der Waals surface area contributed by atoms with Gasteiger partial charge in [-0.15, -0.1) is 0 Å². The van der Waals surface area contributed by atoms with Crippen LogP contribution in [0.4, 0.5) is 11.6 Å². The molecule has 0 bridgehead atoms.